The molecule has 2 aromatic rings. The monoisotopic (exact) mass is 404 g/mol. The number of carbonyl (C=O) groups excluding carboxylic acids is 1. The molecule has 1 fully saturated rings. The van der Waals surface area contributed by atoms with Gasteiger partial charge in [0.25, 0.3) is 5.91 Å². The van der Waals surface area contributed by atoms with Crippen molar-refractivity contribution in [3.63, 3.8) is 0 Å². The highest BCUT2D eigenvalue weighted by atomic mass is 32.2. The third-order valence-electron chi connectivity index (χ3n) is 4.78. The Labute approximate surface area is 165 Å². The van der Waals surface area contributed by atoms with Crippen molar-refractivity contribution >= 4 is 22.0 Å². The van der Waals surface area contributed by atoms with Crippen LogP contribution >= 0.6 is 0 Å². The fourth-order valence-electron chi connectivity index (χ4n) is 3.18. The Balaban J connectivity index is 1.47. The molecular formula is C20H26N3O4S+. The van der Waals surface area contributed by atoms with Crippen molar-refractivity contribution in [1.29, 1.82) is 0 Å². The second-order valence-corrected chi connectivity index (χ2v) is 8.71. The molecule has 1 aromatic carbocycles. The van der Waals surface area contributed by atoms with Crippen molar-refractivity contribution in [2.45, 2.75) is 13.0 Å². The lowest BCUT2D eigenvalue weighted by Gasteiger charge is -2.30. The summed E-state index contributed by atoms with van der Waals surface area (Å²) in [7, 11) is -3.46. The van der Waals surface area contributed by atoms with Gasteiger partial charge in [0.2, 0.25) is 10.0 Å². The van der Waals surface area contributed by atoms with Crippen LogP contribution in [0.3, 0.4) is 0 Å². The Morgan fingerprint density at radius 2 is 1.93 bits per heavy atom. The van der Waals surface area contributed by atoms with Gasteiger partial charge in [-0.15, -0.1) is 0 Å². The number of rotatable bonds is 7. The number of furan rings is 1. The van der Waals surface area contributed by atoms with Crippen molar-refractivity contribution in [1.82, 2.24) is 9.62 Å². The number of nitrogens with zero attached hydrogens (tertiary/aromatic N) is 1. The summed E-state index contributed by atoms with van der Waals surface area (Å²) in [5.41, 5.74) is 0.845. The number of amides is 1. The summed E-state index contributed by atoms with van der Waals surface area (Å²) in [4.78, 5) is 13.3. The number of hydrogen-bond donors (Lipinski definition) is 2. The Hall–Kier alpha value is -2.42. The molecule has 0 unspecified atom stereocenters. The van der Waals surface area contributed by atoms with Gasteiger partial charge < -0.3 is 14.6 Å². The summed E-state index contributed by atoms with van der Waals surface area (Å²) in [5.74, 6) is 0.642. The van der Waals surface area contributed by atoms with Crippen LogP contribution in [0.25, 0.3) is 6.08 Å². The number of carbonyl (C=O) groups is 1. The SMILES string of the molecule is C[C@H](NC(=O)C[NH+]1CCN(S(=O)(=O)/C=C/c2ccccc2)CC1)c1ccco1. The van der Waals surface area contributed by atoms with Gasteiger partial charge in [0.1, 0.15) is 5.76 Å². The molecule has 150 valence electrons. The first-order chi connectivity index (χ1) is 13.4. The van der Waals surface area contributed by atoms with Gasteiger partial charge in [-0.1, -0.05) is 30.3 Å². The molecular weight excluding hydrogens is 378 g/mol. The Morgan fingerprint density at radius 3 is 2.57 bits per heavy atom. The van der Waals surface area contributed by atoms with Gasteiger partial charge in [0.15, 0.2) is 6.54 Å². The van der Waals surface area contributed by atoms with Gasteiger partial charge in [0, 0.05) is 5.41 Å². The molecule has 1 saturated heterocycles. The highest BCUT2D eigenvalue weighted by Gasteiger charge is 2.28. The van der Waals surface area contributed by atoms with E-state index in [2.05, 4.69) is 5.32 Å². The minimum Gasteiger partial charge on any atom is -0.467 e. The Kier molecular flexibility index (Phi) is 6.66. The van der Waals surface area contributed by atoms with Crippen LogP contribution < -0.4 is 10.2 Å². The van der Waals surface area contributed by atoms with Crippen molar-refractivity contribution in [2.75, 3.05) is 32.7 Å². The van der Waals surface area contributed by atoms with Gasteiger partial charge in [-0.2, -0.15) is 4.31 Å². The molecule has 0 spiro atoms. The lowest BCUT2D eigenvalue weighted by molar-refractivity contribution is -0.895. The molecule has 1 aliphatic heterocycles. The van der Waals surface area contributed by atoms with Crippen molar-refractivity contribution in [3.05, 3.63) is 65.5 Å². The first-order valence-corrected chi connectivity index (χ1v) is 10.8. The molecule has 0 aliphatic carbocycles. The molecule has 3 rings (SSSR count). The number of benzene rings is 1. The fraction of sp³-hybridized carbons (Fsp3) is 0.350. The van der Waals surface area contributed by atoms with Crippen LogP contribution in [0, 0.1) is 0 Å². The fourth-order valence-corrected chi connectivity index (χ4v) is 4.37. The predicted octanol–water partition coefficient (Wildman–Crippen LogP) is 0.658. The minimum absolute atomic E-state index is 0.0702. The summed E-state index contributed by atoms with van der Waals surface area (Å²) in [5, 5.41) is 4.17. The lowest BCUT2D eigenvalue weighted by Crippen LogP contribution is -3.15. The number of hydrogen-bond acceptors (Lipinski definition) is 4. The highest BCUT2D eigenvalue weighted by Crippen LogP contribution is 2.11. The zero-order chi connectivity index (χ0) is 20.0. The van der Waals surface area contributed by atoms with Gasteiger partial charge in [-0.25, -0.2) is 8.42 Å². The molecule has 0 radical (unpaired) electrons. The maximum absolute atomic E-state index is 12.5. The molecule has 1 aliphatic rings. The van der Waals surface area contributed by atoms with Gasteiger partial charge in [-0.3, -0.25) is 4.79 Å². The lowest BCUT2D eigenvalue weighted by atomic mass is 10.2. The second-order valence-electron chi connectivity index (χ2n) is 6.89. The molecule has 7 nitrogen and oxygen atoms in total. The van der Waals surface area contributed by atoms with Gasteiger partial charge in [0.05, 0.1) is 38.5 Å². The second kappa shape index (κ2) is 9.18. The zero-order valence-electron chi connectivity index (χ0n) is 15.9. The van der Waals surface area contributed by atoms with E-state index in [0.29, 0.717) is 38.5 Å². The Morgan fingerprint density at radius 1 is 1.21 bits per heavy atom. The molecule has 1 amide bonds. The number of quaternary nitrogens is 1. The number of sulfonamides is 1. The number of piperazine rings is 1. The average molecular weight is 405 g/mol. The minimum atomic E-state index is -3.46. The molecule has 28 heavy (non-hydrogen) atoms. The topological polar surface area (TPSA) is 84.1 Å². The Bertz CT molecular complexity index is 887. The average Bonchev–Trinajstić information content (AvgIpc) is 3.23. The van der Waals surface area contributed by atoms with E-state index >= 15 is 0 Å². The van der Waals surface area contributed by atoms with Crippen molar-refractivity contribution in [2.24, 2.45) is 0 Å². The zero-order valence-corrected chi connectivity index (χ0v) is 16.7. The van der Waals surface area contributed by atoms with Crippen LogP contribution in [0.2, 0.25) is 0 Å². The van der Waals surface area contributed by atoms with E-state index in [0.717, 1.165) is 10.5 Å². The van der Waals surface area contributed by atoms with E-state index in [1.165, 1.54) is 9.71 Å². The van der Waals surface area contributed by atoms with Crippen LogP contribution in [-0.2, 0) is 14.8 Å². The molecule has 8 heteroatoms. The third kappa shape index (κ3) is 5.54. The molecule has 1 atom stereocenters. The molecule has 2 N–H and O–H groups in total. The summed E-state index contributed by atoms with van der Waals surface area (Å²) >= 11 is 0. The van der Waals surface area contributed by atoms with E-state index in [-0.39, 0.29) is 11.9 Å². The molecule has 1 aromatic heterocycles. The maximum Gasteiger partial charge on any atom is 0.275 e. The normalized spacial score (nSPS) is 17.6. The largest absolute Gasteiger partial charge is 0.467 e. The third-order valence-corrected chi connectivity index (χ3v) is 6.34. The molecule has 0 bridgehead atoms. The van der Waals surface area contributed by atoms with E-state index < -0.39 is 10.0 Å². The quantitative estimate of drug-likeness (QED) is 0.710. The van der Waals surface area contributed by atoms with E-state index in [1.54, 1.807) is 18.4 Å². The summed E-state index contributed by atoms with van der Waals surface area (Å²) in [6.45, 7) is 4.19. The first kappa shape index (κ1) is 20.3. The number of nitrogens with one attached hydrogen (secondary N) is 2. The van der Waals surface area contributed by atoms with E-state index in [1.807, 2.05) is 43.3 Å². The first-order valence-electron chi connectivity index (χ1n) is 9.33. The van der Waals surface area contributed by atoms with Crippen LogP contribution in [-0.4, -0.2) is 51.4 Å². The molecule has 2 heterocycles. The van der Waals surface area contributed by atoms with E-state index in [4.69, 9.17) is 4.42 Å². The maximum atomic E-state index is 12.5. The summed E-state index contributed by atoms with van der Waals surface area (Å²) in [6, 6.07) is 12.8. The van der Waals surface area contributed by atoms with Crippen molar-refractivity contribution in [3.8, 4) is 0 Å². The predicted molar refractivity (Wildman–Crippen MR) is 107 cm³/mol. The van der Waals surface area contributed by atoms with Gasteiger partial charge >= 0.3 is 0 Å². The standard InChI is InChI=1S/C20H25N3O4S/c1-17(19-8-5-14-27-19)21-20(24)16-22-10-12-23(13-11-22)28(25,26)15-9-18-6-3-2-4-7-18/h2-9,14-15,17H,10-13,16H2,1H3,(H,21,24)/p+1/b15-9+/t17-/m0/s1. The summed E-state index contributed by atoms with van der Waals surface area (Å²) in [6.07, 6.45) is 3.19. The van der Waals surface area contributed by atoms with Crippen LogP contribution in [0.4, 0.5) is 0 Å². The van der Waals surface area contributed by atoms with Crippen molar-refractivity contribution < 1.29 is 22.5 Å². The van der Waals surface area contributed by atoms with E-state index in [9.17, 15) is 13.2 Å². The van der Waals surface area contributed by atoms with Crippen LogP contribution in [0.15, 0.2) is 58.6 Å². The summed E-state index contributed by atoms with van der Waals surface area (Å²) < 4.78 is 31.8. The van der Waals surface area contributed by atoms with Gasteiger partial charge in [-0.05, 0) is 30.7 Å². The van der Waals surface area contributed by atoms with Crippen LogP contribution in [0.5, 0.6) is 0 Å². The molecule has 0 saturated carbocycles. The van der Waals surface area contributed by atoms with Crippen LogP contribution in [0.1, 0.15) is 24.3 Å². The highest BCUT2D eigenvalue weighted by molar-refractivity contribution is 7.92. The smallest absolute Gasteiger partial charge is 0.275 e.